The van der Waals surface area contributed by atoms with Crippen LogP contribution in [0.5, 0.6) is 0 Å². The van der Waals surface area contributed by atoms with Gasteiger partial charge in [-0.3, -0.25) is 0 Å². The second-order valence-electron chi connectivity index (χ2n) is 3.83. The van der Waals surface area contributed by atoms with Crippen LogP contribution in [0, 0.1) is 5.92 Å². The second-order valence-corrected chi connectivity index (χ2v) is 3.83. The summed E-state index contributed by atoms with van der Waals surface area (Å²) in [7, 11) is 0. The Balaban J connectivity index is 2.09. The van der Waals surface area contributed by atoms with Crippen molar-refractivity contribution in [3.05, 3.63) is 0 Å². The molecule has 1 heterocycles. The normalized spacial score (nSPS) is 19.9. The monoisotopic (exact) mass is 158 g/mol. The highest BCUT2D eigenvalue weighted by Gasteiger charge is 2.22. The first-order valence-corrected chi connectivity index (χ1v) is 4.36. The molecule has 0 aliphatic carbocycles. The second kappa shape index (κ2) is 3.55. The van der Waals surface area contributed by atoms with Gasteiger partial charge in [0, 0.05) is 5.92 Å². The minimum atomic E-state index is 0.0512. The van der Waals surface area contributed by atoms with Gasteiger partial charge in [0.2, 0.25) is 0 Å². The van der Waals surface area contributed by atoms with Gasteiger partial charge in [0.05, 0.1) is 25.4 Å². The van der Waals surface area contributed by atoms with Crippen molar-refractivity contribution in [2.75, 3.05) is 19.8 Å². The third-order valence-electron chi connectivity index (χ3n) is 2.27. The summed E-state index contributed by atoms with van der Waals surface area (Å²) < 4.78 is 10.8. The zero-order valence-electron chi connectivity index (χ0n) is 7.72. The molecular weight excluding hydrogens is 140 g/mol. The van der Waals surface area contributed by atoms with Gasteiger partial charge in [-0.05, 0) is 20.3 Å². The van der Waals surface area contributed by atoms with Gasteiger partial charge in [-0.2, -0.15) is 0 Å². The number of ether oxygens (including phenoxy) is 2. The highest BCUT2D eigenvalue weighted by molar-refractivity contribution is 4.69. The van der Waals surface area contributed by atoms with Crippen LogP contribution in [-0.2, 0) is 9.47 Å². The average molecular weight is 158 g/mol. The van der Waals surface area contributed by atoms with E-state index in [0.717, 1.165) is 26.2 Å². The fourth-order valence-electron chi connectivity index (χ4n) is 0.826. The molecule has 66 valence electrons. The number of hydrogen-bond donors (Lipinski definition) is 0. The smallest absolute Gasteiger partial charge is 0.0624 e. The summed E-state index contributed by atoms with van der Waals surface area (Å²) in [6, 6.07) is 0. The van der Waals surface area contributed by atoms with Crippen molar-refractivity contribution >= 4 is 0 Å². The predicted molar refractivity (Wildman–Crippen MR) is 44.6 cm³/mol. The van der Waals surface area contributed by atoms with Crippen molar-refractivity contribution in [2.24, 2.45) is 5.92 Å². The predicted octanol–water partition coefficient (Wildman–Crippen LogP) is 1.84. The van der Waals surface area contributed by atoms with E-state index in [1.807, 2.05) is 0 Å². The minimum absolute atomic E-state index is 0.0512. The molecule has 0 N–H and O–H groups in total. The maximum absolute atomic E-state index is 5.70. The van der Waals surface area contributed by atoms with Gasteiger partial charge in [0.1, 0.15) is 0 Å². The largest absolute Gasteiger partial charge is 0.381 e. The van der Waals surface area contributed by atoms with Crippen LogP contribution >= 0.6 is 0 Å². The molecule has 0 radical (unpaired) electrons. The summed E-state index contributed by atoms with van der Waals surface area (Å²) in [6.07, 6.45) is 1.07. The van der Waals surface area contributed by atoms with Gasteiger partial charge in [0.15, 0.2) is 0 Å². The van der Waals surface area contributed by atoms with Crippen LogP contribution in [0.25, 0.3) is 0 Å². The lowest BCUT2D eigenvalue weighted by Crippen LogP contribution is -2.35. The SMILES string of the molecule is CCC(C)(C)OCC1COC1. The molecule has 0 aromatic heterocycles. The van der Waals surface area contributed by atoms with Gasteiger partial charge in [0.25, 0.3) is 0 Å². The van der Waals surface area contributed by atoms with Crippen LogP contribution in [-0.4, -0.2) is 25.4 Å². The van der Waals surface area contributed by atoms with E-state index in [9.17, 15) is 0 Å². The van der Waals surface area contributed by atoms with Gasteiger partial charge in [-0.1, -0.05) is 6.92 Å². The van der Waals surface area contributed by atoms with Crippen LogP contribution in [0.2, 0.25) is 0 Å². The van der Waals surface area contributed by atoms with Crippen LogP contribution in [0.15, 0.2) is 0 Å². The highest BCUT2D eigenvalue weighted by Crippen LogP contribution is 2.18. The Morgan fingerprint density at radius 3 is 2.45 bits per heavy atom. The molecule has 0 aromatic rings. The van der Waals surface area contributed by atoms with Gasteiger partial charge >= 0.3 is 0 Å². The van der Waals surface area contributed by atoms with E-state index in [2.05, 4.69) is 20.8 Å². The van der Waals surface area contributed by atoms with E-state index in [4.69, 9.17) is 9.47 Å². The Labute approximate surface area is 68.9 Å². The Bertz CT molecular complexity index is 117. The Hall–Kier alpha value is -0.0800. The van der Waals surface area contributed by atoms with E-state index in [1.165, 1.54) is 0 Å². The third kappa shape index (κ3) is 2.80. The zero-order chi connectivity index (χ0) is 8.32. The standard InChI is InChI=1S/C9H18O2/c1-4-9(2,3)11-7-8-5-10-6-8/h8H,4-7H2,1-3H3. The summed E-state index contributed by atoms with van der Waals surface area (Å²) in [6.45, 7) is 9.05. The van der Waals surface area contributed by atoms with Crippen LogP contribution in [0.1, 0.15) is 27.2 Å². The van der Waals surface area contributed by atoms with Crippen molar-refractivity contribution < 1.29 is 9.47 Å². The van der Waals surface area contributed by atoms with E-state index in [0.29, 0.717) is 5.92 Å². The summed E-state index contributed by atoms with van der Waals surface area (Å²) in [5, 5.41) is 0. The van der Waals surface area contributed by atoms with E-state index in [1.54, 1.807) is 0 Å². The fourth-order valence-corrected chi connectivity index (χ4v) is 0.826. The fraction of sp³-hybridized carbons (Fsp3) is 1.00. The van der Waals surface area contributed by atoms with Gasteiger partial charge in [-0.25, -0.2) is 0 Å². The van der Waals surface area contributed by atoms with E-state index in [-0.39, 0.29) is 5.60 Å². The lowest BCUT2D eigenvalue weighted by molar-refractivity contribution is -0.111. The molecule has 0 bridgehead atoms. The Kier molecular flexibility index (Phi) is 2.90. The summed E-state index contributed by atoms with van der Waals surface area (Å²) in [5.74, 6) is 0.654. The van der Waals surface area contributed by atoms with E-state index < -0.39 is 0 Å². The first-order valence-electron chi connectivity index (χ1n) is 4.36. The third-order valence-corrected chi connectivity index (χ3v) is 2.27. The molecule has 1 saturated heterocycles. The highest BCUT2D eigenvalue weighted by atomic mass is 16.5. The average Bonchev–Trinajstić information content (AvgIpc) is 1.84. The number of hydrogen-bond acceptors (Lipinski definition) is 2. The molecule has 0 unspecified atom stereocenters. The minimum Gasteiger partial charge on any atom is -0.381 e. The quantitative estimate of drug-likeness (QED) is 0.621. The lowest BCUT2D eigenvalue weighted by atomic mass is 10.1. The molecule has 0 atom stereocenters. The molecule has 1 fully saturated rings. The van der Waals surface area contributed by atoms with Crippen LogP contribution in [0.4, 0.5) is 0 Å². The van der Waals surface area contributed by atoms with Crippen LogP contribution < -0.4 is 0 Å². The molecule has 1 rings (SSSR count). The van der Waals surface area contributed by atoms with Crippen molar-refractivity contribution in [3.63, 3.8) is 0 Å². The molecule has 0 aromatic carbocycles. The lowest BCUT2D eigenvalue weighted by Gasteiger charge is -2.31. The van der Waals surface area contributed by atoms with Crippen molar-refractivity contribution in [2.45, 2.75) is 32.8 Å². The number of rotatable bonds is 4. The molecular formula is C9H18O2. The first kappa shape index (κ1) is 9.01. The van der Waals surface area contributed by atoms with E-state index >= 15 is 0 Å². The molecule has 0 amide bonds. The van der Waals surface area contributed by atoms with Crippen molar-refractivity contribution in [3.8, 4) is 0 Å². The summed E-state index contributed by atoms with van der Waals surface area (Å²) in [5.41, 5.74) is 0.0512. The topological polar surface area (TPSA) is 18.5 Å². The molecule has 2 nitrogen and oxygen atoms in total. The van der Waals surface area contributed by atoms with Crippen molar-refractivity contribution in [1.29, 1.82) is 0 Å². The molecule has 0 saturated carbocycles. The van der Waals surface area contributed by atoms with Gasteiger partial charge in [-0.15, -0.1) is 0 Å². The molecule has 2 heteroatoms. The van der Waals surface area contributed by atoms with Crippen molar-refractivity contribution in [1.82, 2.24) is 0 Å². The van der Waals surface area contributed by atoms with Gasteiger partial charge < -0.3 is 9.47 Å². The summed E-state index contributed by atoms with van der Waals surface area (Å²) in [4.78, 5) is 0. The van der Waals surface area contributed by atoms with Crippen LogP contribution in [0.3, 0.4) is 0 Å². The zero-order valence-corrected chi connectivity index (χ0v) is 7.72. The molecule has 1 aliphatic heterocycles. The molecule has 11 heavy (non-hydrogen) atoms. The maximum Gasteiger partial charge on any atom is 0.0624 e. The Morgan fingerprint density at radius 2 is 2.09 bits per heavy atom. The molecule has 0 spiro atoms. The summed E-state index contributed by atoms with van der Waals surface area (Å²) >= 11 is 0. The first-order chi connectivity index (χ1) is 5.14. The maximum atomic E-state index is 5.70. The molecule has 1 aliphatic rings. The Morgan fingerprint density at radius 1 is 1.45 bits per heavy atom.